The zero-order chi connectivity index (χ0) is 19.5. The van der Waals surface area contributed by atoms with E-state index >= 15 is 0 Å². The average molecular weight is 381 g/mol. The summed E-state index contributed by atoms with van der Waals surface area (Å²) in [6.07, 6.45) is 12.0. The second-order valence-electron chi connectivity index (χ2n) is 7.81. The number of aromatic nitrogens is 2. The molecule has 0 aliphatic heterocycles. The van der Waals surface area contributed by atoms with Crippen LogP contribution in [0.5, 0.6) is 0 Å². The number of nitrogens with zero attached hydrogens (tertiary/aromatic N) is 2. The van der Waals surface area contributed by atoms with Gasteiger partial charge in [0, 0.05) is 18.4 Å². The molecule has 3 N–H and O–H groups in total. The van der Waals surface area contributed by atoms with Gasteiger partial charge in [0.2, 0.25) is 11.8 Å². The Hall–Kier alpha value is -1.47. The SMILES string of the molecule is CCC(CC)NCc1noc([C@H](CCCC2CCCCC2)CC(=O)NO)n1. The van der Waals surface area contributed by atoms with Crippen molar-refractivity contribution in [3.05, 3.63) is 11.7 Å². The lowest BCUT2D eigenvalue weighted by Gasteiger charge is -2.22. The lowest BCUT2D eigenvalue weighted by atomic mass is 9.84. The molecule has 0 unspecified atom stereocenters. The standard InChI is InChI=1S/C20H36N4O3/c1-3-17(4-2)21-14-18-22-20(27-24-18)16(13-19(25)23-26)12-8-11-15-9-6-5-7-10-15/h15-17,21,26H,3-14H2,1-2H3,(H,23,25)/t16-/m1/s1. The molecule has 0 aromatic carbocycles. The molecule has 154 valence electrons. The van der Waals surface area contributed by atoms with Crippen LogP contribution in [0.3, 0.4) is 0 Å². The fraction of sp³-hybridized carbons (Fsp3) is 0.850. The van der Waals surface area contributed by atoms with Crippen molar-refractivity contribution < 1.29 is 14.5 Å². The molecular weight excluding hydrogens is 344 g/mol. The fourth-order valence-electron chi connectivity index (χ4n) is 4.03. The van der Waals surface area contributed by atoms with E-state index in [-0.39, 0.29) is 12.3 Å². The summed E-state index contributed by atoms with van der Waals surface area (Å²) in [6.45, 7) is 4.87. The third kappa shape index (κ3) is 7.58. The summed E-state index contributed by atoms with van der Waals surface area (Å²) in [5, 5.41) is 16.4. The maximum atomic E-state index is 11.7. The third-order valence-electron chi connectivity index (χ3n) is 5.81. The van der Waals surface area contributed by atoms with Crippen molar-refractivity contribution in [2.45, 2.75) is 103 Å². The molecule has 1 saturated carbocycles. The van der Waals surface area contributed by atoms with E-state index in [0.717, 1.165) is 31.6 Å². The Balaban J connectivity index is 1.89. The quantitative estimate of drug-likeness (QED) is 0.373. The van der Waals surface area contributed by atoms with Crippen LogP contribution in [0.25, 0.3) is 0 Å². The molecule has 0 saturated heterocycles. The van der Waals surface area contributed by atoms with E-state index in [2.05, 4.69) is 29.3 Å². The minimum absolute atomic E-state index is 0.143. The maximum absolute atomic E-state index is 11.7. The first-order valence-corrected chi connectivity index (χ1v) is 10.6. The van der Waals surface area contributed by atoms with Gasteiger partial charge < -0.3 is 9.84 Å². The Morgan fingerprint density at radius 3 is 2.67 bits per heavy atom. The van der Waals surface area contributed by atoms with Crippen molar-refractivity contribution in [2.24, 2.45) is 5.92 Å². The number of rotatable bonds is 12. The van der Waals surface area contributed by atoms with Gasteiger partial charge in [-0.05, 0) is 25.2 Å². The molecule has 1 atom stereocenters. The fourth-order valence-corrected chi connectivity index (χ4v) is 4.03. The first-order valence-electron chi connectivity index (χ1n) is 10.6. The van der Waals surface area contributed by atoms with Gasteiger partial charge in [-0.15, -0.1) is 0 Å². The first kappa shape index (κ1) is 21.8. The number of hydrogen-bond acceptors (Lipinski definition) is 6. The zero-order valence-electron chi connectivity index (χ0n) is 16.9. The van der Waals surface area contributed by atoms with Gasteiger partial charge in [-0.25, -0.2) is 5.48 Å². The minimum Gasteiger partial charge on any atom is -0.339 e. The summed E-state index contributed by atoms with van der Waals surface area (Å²) in [7, 11) is 0. The van der Waals surface area contributed by atoms with E-state index in [0.29, 0.717) is 24.3 Å². The summed E-state index contributed by atoms with van der Waals surface area (Å²) in [5.74, 6) is 1.39. The second-order valence-corrected chi connectivity index (χ2v) is 7.81. The number of carbonyl (C=O) groups is 1. The molecule has 1 aliphatic carbocycles. The van der Waals surface area contributed by atoms with Gasteiger partial charge in [0.1, 0.15) is 0 Å². The predicted octanol–water partition coefficient (Wildman–Crippen LogP) is 4.08. The number of carbonyl (C=O) groups excluding carboxylic acids is 1. The summed E-state index contributed by atoms with van der Waals surface area (Å²) >= 11 is 0. The molecule has 7 nitrogen and oxygen atoms in total. The number of hydrogen-bond donors (Lipinski definition) is 3. The largest absolute Gasteiger partial charge is 0.339 e. The molecule has 7 heteroatoms. The molecule has 1 heterocycles. The topological polar surface area (TPSA) is 100 Å². The normalized spacial score (nSPS) is 16.6. The molecule has 2 rings (SSSR count). The number of hydroxylamine groups is 1. The van der Waals surface area contributed by atoms with Crippen molar-refractivity contribution in [2.75, 3.05) is 0 Å². The molecule has 27 heavy (non-hydrogen) atoms. The van der Waals surface area contributed by atoms with E-state index in [1.165, 1.54) is 38.5 Å². The van der Waals surface area contributed by atoms with Gasteiger partial charge in [-0.1, -0.05) is 63.9 Å². The minimum atomic E-state index is -0.410. The average Bonchev–Trinajstić information content (AvgIpc) is 3.17. The first-order chi connectivity index (χ1) is 13.2. The highest BCUT2D eigenvalue weighted by molar-refractivity contribution is 5.75. The van der Waals surface area contributed by atoms with Crippen LogP contribution >= 0.6 is 0 Å². The van der Waals surface area contributed by atoms with Crippen LogP contribution in [0.1, 0.15) is 102 Å². The Morgan fingerprint density at radius 1 is 1.26 bits per heavy atom. The molecule has 1 aromatic rings. The van der Waals surface area contributed by atoms with Crippen molar-refractivity contribution in [3.63, 3.8) is 0 Å². The molecular formula is C20H36N4O3. The zero-order valence-corrected chi connectivity index (χ0v) is 16.9. The predicted molar refractivity (Wildman–Crippen MR) is 103 cm³/mol. The molecule has 1 aliphatic rings. The lowest BCUT2D eigenvalue weighted by Crippen LogP contribution is -2.27. The van der Waals surface area contributed by atoms with Gasteiger partial charge in [0.05, 0.1) is 6.54 Å². The van der Waals surface area contributed by atoms with Crippen molar-refractivity contribution >= 4 is 5.91 Å². The Bertz CT molecular complexity index is 539. The number of nitrogens with one attached hydrogen (secondary N) is 2. The van der Waals surface area contributed by atoms with E-state index in [4.69, 9.17) is 9.73 Å². The van der Waals surface area contributed by atoms with Crippen LogP contribution < -0.4 is 10.8 Å². The molecule has 0 radical (unpaired) electrons. The summed E-state index contributed by atoms with van der Waals surface area (Å²) < 4.78 is 5.45. The van der Waals surface area contributed by atoms with Crippen LogP contribution in [0.4, 0.5) is 0 Å². The van der Waals surface area contributed by atoms with Crippen LogP contribution in [-0.2, 0) is 11.3 Å². The molecule has 0 spiro atoms. The van der Waals surface area contributed by atoms with Crippen molar-refractivity contribution in [3.8, 4) is 0 Å². The van der Waals surface area contributed by atoms with Crippen LogP contribution in [0.2, 0.25) is 0 Å². The highest BCUT2D eigenvalue weighted by atomic mass is 16.5. The maximum Gasteiger partial charge on any atom is 0.244 e. The number of amides is 1. The van der Waals surface area contributed by atoms with Crippen LogP contribution in [0, 0.1) is 5.92 Å². The summed E-state index contributed by atoms with van der Waals surface area (Å²) in [4.78, 5) is 16.2. The van der Waals surface area contributed by atoms with Gasteiger partial charge >= 0.3 is 0 Å². The lowest BCUT2D eigenvalue weighted by molar-refractivity contribution is -0.129. The van der Waals surface area contributed by atoms with E-state index in [1.807, 2.05) is 0 Å². The molecule has 1 aromatic heterocycles. The van der Waals surface area contributed by atoms with Gasteiger partial charge in [-0.2, -0.15) is 4.98 Å². The Kier molecular flexibility index (Phi) is 9.77. The second kappa shape index (κ2) is 12.1. The summed E-state index contributed by atoms with van der Waals surface area (Å²) in [6, 6.07) is 0.443. The smallest absolute Gasteiger partial charge is 0.244 e. The van der Waals surface area contributed by atoms with Gasteiger partial charge in [0.25, 0.3) is 0 Å². The van der Waals surface area contributed by atoms with E-state index < -0.39 is 5.91 Å². The molecule has 1 fully saturated rings. The highest BCUT2D eigenvalue weighted by Crippen LogP contribution is 2.31. The van der Waals surface area contributed by atoms with E-state index in [1.54, 1.807) is 5.48 Å². The molecule has 1 amide bonds. The monoisotopic (exact) mass is 380 g/mol. The van der Waals surface area contributed by atoms with Crippen LogP contribution in [-0.4, -0.2) is 27.3 Å². The highest BCUT2D eigenvalue weighted by Gasteiger charge is 2.23. The summed E-state index contributed by atoms with van der Waals surface area (Å²) in [5.41, 5.74) is 1.73. The van der Waals surface area contributed by atoms with Crippen molar-refractivity contribution in [1.29, 1.82) is 0 Å². The van der Waals surface area contributed by atoms with Gasteiger partial charge in [0.15, 0.2) is 5.82 Å². The van der Waals surface area contributed by atoms with Crippen molar-refractivity contribution in [1.82, 2.24) is 20.9 Å². The Morgan fingerprint density at radius 2 is 2.00 bits per heavy atom. The van der Waals surface area contributed by atoms with Crippen LogP contribution in [0.15, 0.2) is 4.52 Å². The van der Waals surface area contributed by atoms with E-state index in [9.17, 15) is 4.79 Å². The molecule has 0 bridgehead atoms. The Labute approximate surface area is 162 Å². The van der Waals surface area contributed by atoms with Gasteiger partial charge in [-0.3, -0.25) is 10.0 Å². The third-order valence-corrected chi connectivity index (χ3v) is 5.81.